The molecule has 1 aromatic rings. The van der Waals surface area contributed by atoms with Gasteiger partial charge in [-0.1, -0.05) is 25.8 Å². The van der Waals surface area contributed by atoms with Gasteiger partial charge in [-0.15, -0.1) is 6.42 Å². The number of amides is 1. The van der Waals surface area contributed by atoms with Crippen LogP contribution in [0.25, 0.3) is 0 Å². The van der Waals surface area contributed by atoms with Crippen molar-refractivity contribution in [3.8, 4) is 12.3 Å². The molecule has 1 rings (SSSR count). The third-order valence-corrected chi connectivity index (χ3v) is 5.56. The summed E-state index contributed by atoms with van der Waals surface area (Å²) < 4.78 is 26.3. The lowest BCUT2D eigenvalue weighted by Gasteiger charge is -2.26. The fraction of sp³-hybridized carbons (Fsp3) is 0.412. The number of nitrogens with one attached hydrogen (secondary N) is 2. The van der Waals surface area contributed by atoms with Gasteiger partial charge in [0, 0.05) is 12.1 Å². The van der Waals surface area contributed by atoms with Crippen LogP contribution in [0.5, 0.6) is 0 Å². The second-order valence-corrected chi connectivity index (χ2v) is 7.30. The summed E-state index contributed by atoms with van der Waals surface area (Å²) in [5, 5.41) is 12.0. The highest BCUT2D eigenvalue weighted by molar-refractivity contribution is 7.89. The normalized spacial score (nSPS) is 11.6. The molecule has 0 aromatic heterocycles. The highest BCUT2D eigenvalue weighted by Gasteiger charge is 2.35. The first kappa shape index (κ1) is 20.7. The summed E-state index contributed by atoms with van der Waals surface area (Å²) in [5.74, 6) is 0.647. The summed E-state index contributed by atoms with van der Waals surface area (Å²) >= 11 is 0. The van der Waals surface area contributed by atoms with Crippen LogP contribution in [0.3, 0.4) is 0 Å². The van der Waals surface area contributed by atoms with E-state index in [4.69, 9.17) is 6.42 Å². The number of terminal acetylenes is 1. The number of benzene rings is 1. The lowest BCUT2D eigenvalue weighted by molar-refractivity contribution is -0.149. The Morgan fingerprint density at radius 2 is 1.92 bits per heavy atom. The minimum absolute atomic E-state index is 0.0412. The Morgan fingerprint density at radius 1 is 1.28 bits per heavy atom. The van der Waals surface area contributed by atoms with Gasteiger partial charge in [0.1, 0.15) is 0 Å². The summed E-state index contributed by atoms with van der Waals surface area (Å²) in [7, 11) is -3.81. The number of hydrogen-bond donors (Lipinski definition) is 3. The highest BCUT2D eigenvalue weighted by atomic mass is 32.2. The van der Waals surface area contributed by atoms with E-state index in [1.165, 1.54) is 24.3 Å². The second kappa shape index (κ2) is 8.65. The molecule has 0 spiro atoms. The van der Waals surface area contributed by atoms with Gasteiger partial charge < -0.3 is 10.4 Å². The molecule has 136 valence electrons. The van der Waals surface area contributed by atoms with Crippen molar-refractivity contribution in [2.45, 2.75) is 31.6 Å². The average molecular weight is 366 g/mol. The number of sulfonamides is 1. The topological polar surface area (TPSA) is 113 Å². The predicted molar refractivity (Wildman–Crippen MR) is 93.4 cm³/mol. The molecule has 3 N–H and O–H groups in total. The molecule has 0 fully saturated rings. The molecule has 0 atom stereocenters. The minimum atomic E-state index is -3.81. The number of carboxylic acids is 1. The van der Waals surface area contributed by atoms with Crippen molar-refractivity contribution in [2.24, 2.45) is 5.41 Å². The number of carbonyl (C=O) groups excluding carboxylic acids is 1. The van der Waals surface area contributed by atoms with Crippen molar-refractivity contribution in [1.82, 2.24) is 10.0 Å². The maximum Gasteiger partial charge on any atom is 0.311 e. The molecule has 0 unspecified atom stereocenters. The number of hydrogen-bond acceptors (Lipinski definition) is 4. The molecule has 7 nitrogen and oxygen atoms in total. The first-order valence-corrected chi connectivity index (χ1v) is 9.25. The average Bonchev–Trinajstić information content (AvgIpc) is 2.61. The van der Waals surface area contributed by atoms with E-state index in [9.17, 15) is 23.1 Å². The number of carbonyl (C=O) groups is 2. The first-order chi connectivity index (χ1) is 11.7. The molecule has 0 aliphatic carbocycles. The molecule has 1 aromatic carbocycles. The molecule has 0 heterocycles. The molecule has 0 bridgehead atoms. The minimum Gasteiger partial charge on any atom is -0.481 e. The van der Waals surface area contributed by atoms with Crippen LogP contribution in [0.4, 0.5) is 0 Å². The van der Waals surface area contributed by atoms with Crippen molar-refractivity contribution in [3.63, 3.8) is 0 Å². The number of rotatable bonds is 9. The van der Waals surface area contributed by atoms with Crippen LogP contribution >= 0.6 is 0 Å². The summed E-state index contributed by atoms with van der Waals surface area (Å²) in [4.78, 5) is 23.7. The van der Waals surface area contributed by atoms with Crippen LogP contribution < -0.4 is 10.0 Å². The molecule has 1 amide bonds. The standard InChI is InChI=1S/C17H22N2O5S/c1-4-10-19-25(23,24)14-9-7-8-13(11-14)15(20)18-12-17(5-2,6-3)16(21)22/h1,7-9,11,19H,5-6,10,12H2,2-3H3,(H,18,20)(H,21,22). The fourth-order valence-electron chi connectivity index (χ4n) is 2.25. The van der Waals surface area contributed by atoms with Gasteiger partial charge in [-0.3, -0.25) is 9.59 Å². The van der Waals surface area contributed by atoms with Crippen LogP contribution in [-0.4, -0.2) is 38.5 Å². The van der Waals surface area contributed by atoms with Crippen molar-refractivity contribution in [1.29, 1.82) is 0 Å². The smallest absolute Gasteiger partial charge is 0.311 e. The quantitative estimate of drug-likeness (QED) is 0.569. The van der Waals surface area contributed by atoms with Gasteiger partial charge in [0.25, 0.3) is 5.91 Å². The van der Waals surface area contributed by atoms with Gasteiger partial charge in [-0.05, 0) is 31.0 Å². The Balaban J connectivity index is 2.96. The van der Waals surface area contributed by atoms with E-state index >= 15 is 0 Å². The van der Waals surface area contributed by atoms with Crippen LogP contribution in [0.2, 0.25) is 0 Å². The lowest BCUT2D eigenvalue weighted by atomic mass is 9.82. The summed E-state index contributed by atoms with van der Waals surface area (Å²) in [6, 6.07) is 5.45. The van der Waals surface area contributed by atoms with Crippen LogP contribution in [-0.2, 0) is 14.8 Å². The van der Waals surface area contributed by atoms with Gasteiger partial charge >= 0.3 is 5.97 Å². The largest absolute Gasteiger partial charge is 0.481 e. The van der Waals surface area contributed by atoms with Crippen molar-refractivity contribution < 1.29 is 23.1 Å². The van der Waals surface area contributed by atoms with Gasteiger partial charge in [0.15, 0.2) is 0 Å². The molecule has 0 saturated heterocycles. The molecular formula is C17H22N2O5S. The van der Waals surface area contributed by atoms with Crippen molar-refractivity contribution >= 4 is 21.9 Å². The molecule has 0 aliphatic rings. The van der Waals surface area contributed by atoms with Crippen LogP contribution in [0.15, 0.2) is 29.2 Å². The fourth-order valence-corrected chi connectivity index (χ4v) is 3.23. The summed E-state index contributed by atoms with van der Waals surface area (Å²) in [5.41, 5.74) is -0.927. The predicted octanol–water partition coefficient (Wildman–Crippen LogP) is 1.22. The van der Waals surface area contributed by atoms with Gasteiger partial charge in [0.2, 0.25) is 10.0 Å². The number of carboxylic acid groups (broad SMARTS) is 1. The zero-order valence-electron chi connectivity index (χ0n) is 14.2. The Hall–Kier alpha value is -2.37. The molecular weight excluding hydrogens is 344 g/mol. The monoisotopic (exact) mass is 366 g/mol. The van der Waals surface area contributed by atoms with Crippen LogP contribution in [0.1, 0.15) is 37.0 Å². The Labute approximate surface area is 147 Å². The molecule has 0 aliphatic heterocycles. The molecule has 25 heavy (non-hydrogen) atoms. The SMILES string of the molecule is C#CCNS(=O)(=O)c1cccc(C(=O)NCC(CC)(CC)C(=O)O)c1. The van der Waals surface area contributed by atoms with Crippen LogP contribution in [0, 0.1) is 17.8 Å². The van der Waals surface area contributed by atoms with Gasteiger partial charge in [-0.2, -0.15) is 4.72 Å². The second-order valence-electron chi connectivity index (χ2n) is 5.53. The lowest BCUT2D eigenvalue weighted by Crippen LogP contribution is -2.42. The zero-order chi connectivity index (χ0) is 19.1. The zero-order valence-corrected chi connectivity index (χ0v) is 15.0. The van der Waals surface area contributed by atoms with E-state index in [0.29, 0.717) is 12.8 Å². The maximum absolute atomic E-state index is 12.3. The number of aliphatic carboxylic acids is 1. The van der Waals surface area contributed by atoms with E-state index < -0.39 is 27.3 Å². The van der Waals surface area contributed by atoms with Gasteiger partial charge in [0.05, 0.1) is 16.9 Å². The Morgan fingerprint density at radius 3 is 2.44 bits per heavy atom. The maximum atomic E-state index is 12.3. The third kappa shape index (κ3) is 5.05. The molecule has 0 radical (unpaired) electrons. The molecule has 8 heteroatoms. The van der Waals surface area contributed by atoms with Crippen molar-refractivity contribution in [2.75, 3.05) is 13.1 Å². The van der Waals surface area contributed by atoms with Crippen molar-refractivity contribution in [3.05, 3.63) is 29.8 Å². The van der Waals surface area contributed by atoms with E-state index in [1.54, 1.807) is 13.8 Å². The Bertz CT molecular complexity index is 776. The summed E-state index contributed by atoms with van der Waals surface area (Å²) in [6.45, 7) is 3.29. The third-order valence-electron chi connectivity index (χ3n) is 4.17. The molecule has 0 saturated carbocycles. The first-order valence-electron chi connectivity index (χ1n) is 7.77. The van der Waals surface area contributed by atoms with E-state index in [2.05, 4.69) is 16.0 Å². The summed E-state index contributed by atoms with van der Waals surface area (Å²) in [6.07, 6.45) is 5.76. The Kier molecular flexibility index (Phi) is 7.15. The van der Waals surface area contributed by atoms with E-state index in [-0.39, 0.29) is 23.5 Å². The van der Waals surface area contributed by atoms with E-state index in [0.717, 1.165) is 0 Å². The van der Waals surface area contributed by atoms with E-state index in [1.807, 2.05) is 0 Å². The highest BCUT2D eigenvalue weighted by Crippen LogP contribution is 2.25. The van der Waals surface area contributed by atoms with Gasteiger partial charge in [-0.25, -0.2) is 8.42 Å².